The van der Waals surface area contributed by atoms with Crippen molar-refractivity contribution in [1.29, 1.82) is 0 Å². The molecule has 0 saturated heterocycles. The summed E-state index contributed by atoms with van der Waals surface area (Å²) < 4.78 is 28.6. The van der Waals surface area contributed by atoms with E-state index in [0.717, 1.165) is 61.9 Å². The Morgan fingerprint density at radius 1 is 1.13 bits per heavy atom. The van der Waals surface area contributed by atoms with Crippen LogP contribution in [0.15, 0.2) is 18.2 Å². The van der Waals surface area contributed by atoms with Gasteiger partial charge in [-0.3, -0.25) is 9.59 Å². The molecule has 1 aromatic carbocycles. The van der Waals surface area contributed by atoms with Gasteiger partial charge in [0, 0.05) is 35.3 Å². The van der Waals surface area contributed by atoms with Gasteiger partial charge in [-0.1, -0.05) is 6.42 Å². The zero-order valence-electron chi connectivity index (χ0n) is 17.9. The van der Waals surface area contributed by atoms with E-state index in [4.69, 9.17) is 0 Å². The summed E-state index contributed by atoms with van der Waals surface area (Å²) in [6.45, 7) is 3.87. The topological polar surface area (TPSA) is 76.0 Å². The lowest BCUT2D eigenvalue weighted by molar-refractivity contribution is -0.126. The van der Waals surface area contributed by atoms with E-state index in [2.05, 4.69) is 15.7 Å². The second-order valence-corrected chi connectivity index (χ2v) is 8.83. The monoisotopic (exact) mass is 430 g/mol. The van der Waals surface area contributed by atoms with Crippen molar-refractivity contribution in [2.24, 2.45) is 5.92 Å². The third-order valence-electron chi connectivity index (χ3n) is 6.10. The summed E-state index contributed by atoms with van der Waals surface area (Å²) in [4.78, 5) is 25.4. The Balaban J connectivity index is 1.51. The summed E-state index contributed by atoms with van der Waals surface area (Å²) in [6, 6.07) is 3.63. The van der Waals surface area contributed by atoms with Crippen molar-refractivity contribution >= 4 is 11.8 Å². The van der Waals surface area contributed by atoms with Gasteiger partial charge in [-0.2, -0.15) is 5.10 Å². The van der Waals surface area contributed by atoms with E-state index in [9.17, 15) is 18.4 Å². The molecule has 2 atom stereocenters. The third-order valence-corrected chi connectivity index (χ3v) is 6.10. The number of hydrogen-bond acceptors (Lipinski definition) is 3. The largest absolute Gasteiger partial charge is 0.354 e. The molecule has 8 heteroatoms. The molecule has 0 aliphatic heterocycles. The normalized spacial score (nSPS) is 20.5. The summed E-state index contributed by atoms with van der Waals surface area (Å²) in [5, 5.41) is 10.5. The fourth-order valence-corrected chi connectivity index (χ4v) is 4.67. The molecule has 2 amide bonds. The molecule has 1 saturated carbocycles. The van der Waals surface area contributed by atoms with Crippen LogP contribution in [-0.4, -0.2) is 33.7 Å². The average molecular weight is 430 g/mol. The molecule has 2 N–H and O–H groups in total. The molecular weight excluding hydrogens is 402 g/mol. The van der Waals surface area contributed by atoms with Gasteiger partial charge in [0.15, 0.2) is 17.3 Å². The molecule has 2 unspecified atom stereocenters. The Morgan fingerprint density at radius 3 is 2.68 bits per heavy atom. The third kappa shape index (κ3) is 4.48. The molecule has 2 aromatic rings. The molecular formula is C23H28F2N4O2. The van der Waals surface area contributed by atoms with Gasteiger partial charge in [-0.15, -0.1) is 0 Å². The number of nitrogens with zero attached hydrogens (tertiary/aromatic N) is 2. The van der Waals surface area contributed by atoms with E-state index in [-0.39, 0.29) is 29.8 Å². The van der Waals surface area contributed by atoms with Crippen molar-refractivity contribution < 1.29 is 18.4 Å². The number of carbonyl (C=O) groups excluding carboxylic acids is 2. The van der Waals surface area contributed by atoms with Crippen LogP contribution >= 0.6 is 0 Å². The van der Waals surface area contributed by atoms with Gasteiger partial charge in [0.05, 0.1) is 5.69 Å². The second-order valence-electron chi connectivity index (χ2n) is 8.83. The fraction of sp³-hybridized carbons (Fsp3) is 0.522. The van der Waals surface area contributed by atoms with Crippen LogP contribution < -0.4 is 10.6 Å². The van der Waals surface area contributed by atoms with E-state index in [1.165, 1.54) is 6.07 Å². The van der Waals surface area contributed by atoms with Crippen LogP contribution in [0.3, 0.4) is 0 Å². The van der Waals surface area contributed by atoms with Crippen LogP contribution in [0, 0.1) is 17.6 Å². The number of hydrogen-bond donors (Lipinski definition) is 2. The number of nitrogens with one attached hydrogen (secondary N) is 2. The second kappa shape index (κ2) is 8.77. The lowest BCUT2D eigenvalue weighted by atomic mass is 9.85. The van der Waals surface area contributed by atoms with Crippen molar-refractivity contribution in [2.75, 3.05) is 0 Å². The fourth-order valence-electron chi connectivity index (χ4n) is 4.67. The quantitative estimate of drug-likeness (QED) is 0.763. The van der Waals surface area contributed by atoms with Crippen molar-refractivity contribution in [3.63, 3.8) is 0 Å². The van der Waals surface area contributed by atoms with Gasteiger partial charge in [-0.25, -0.2) is 13.5 Å². The Bertz CT molecular complexity index is 1000. The zero-order chi connectivity index (χ0) is 22.1. The maximum absolute atomic E-state index is 13.7. The molecule has 6 nitrogen and oxygen atoms in total. The van der Waals surface area contributed by atoms with Gasteiger partial charge in [-0.05, 0) is 64.5 Å². The Morgan fingerprint density at radius 2 is 1.94 bits per heavy atom. The minimum atomic E-state index is -0.946. The van der Waals surface area contributed by atoms with E-state index < -0.39 is 11.6 Å². The molecule has 1 heterocycles. The van der Waals surface area contributed by atoms with Crippen molar-refractivity contribution in [2.45, 2.75) is 70.9 Å². The molecule has 31 heavy (non-hydrogen) atoms. The van der Waals surface area contributed by atoms with E-state index in [0.29, 0.717) is 17.8 Å². The molecule has 2 aliphatic rings. The standard InChI is InChI=1S/C23H28F2N4O2/c1-13(2)26-22(30)14-5-3-6-15(11-14)27-23(31)21-17-7-4-8-20(17)29(28-21)16-9-10-18(24)19(25)12-16/h9-10,12-15H,3-8,11H2,1-2H3,(H,26,30)(H,27,31). The first-order valence-corrected chi connectivity index (χ1v) is 11.0. The highest BCUT2D eigenvalue weighted by molar-refractivity contribution is 5.94. The number of aromatic nitrogens is 2. The maximum atomic E-state index is 13.7. The number of halogens is 2. The van der Waals surface area contributed by atoms with Gasteiger partial charge in [0.2, 0.25) is 5.91 Å². The first kappa shape index (κ1) is 21.5. The Hall–Kier alpha value is -2.77. The van der Waals surface area contributed by atoms with Crippen LogP contribution in [0.2, 0.25) is 0 Å². The van der Waals surface area contributed by atoms with Gasteiger partial charge in [0.25, 0.3) is 5.91 Å². The predicted molar refractivity (Wildman–Crippen MR) is 112 cm³/mol. The van der Waals surface area contributed by atoms with Crippen molar-refractivity contribution in [3.8, 4) is 5.69 Å². The first-order chi connectivity index (χ1) is 14.8. The number of amides is 2. The molecule has 0 radical (unpaired) electrons. The Labute approximate surface area is 180 Å². The highest BCUT2D eigenvalue weighted by atomic mass is 19.2. The summed E-state index contributed by atoms with van der Waals surface area (Å²) in [6.07, 6.45) is 5.48. The number of fused-ring (bicyclic) bond motifs is 1. The van der Waals surface area contributed by atoms with Gasteiger partial charge < -0.3 is 10.6 Å². The highest BCUT2D eigenvalue weighted by Gasteiger charge is 2.31. The molecule has 1 aromatic heterocycles. The minimum Gasteiger partial charge on any atom is -0.354 e. The van der Waals surface area contributed by atoms with E-state index >= 15 is 0 Å². The van der Waals surface area contributed by atoms with Gasteiger partial charge >= 0.3 is 0 Å². The first-order valence-electron chi connectivity index (χ1n) is 11.0. The van der Waals surface area contributed by atoms with Crippen LogP contribution in [0.1, 0.15) is 67.7 Å². The van der Waals surface area contributed by atoms with Crippen LogP contribution in [0.4, 0.5) is 8.78 Å². The predicted octanol–water partition coefficient (Wildman–Crippen LogP) is 3.45. The minimum absolute atomic E-state index is 0.0393. The van der Waals surface area contributed by atoms with Crippen LogP contribution in [0.25, 0.3) is 5.69 Å². The Kier molecular flexibility index (Phi) is 6.07. The average Bonchev–Trinajstić information content (AvgIpc) is 3.32. The summed E-state index contributed by atoms with van der Waals surface area (Å²) >= 11 is 0. The maximum Gasteiger partial charge on any atom is 0.272 e. The summed E-state index contributed by atoms with van der Waals surface area (Å²) in [5.74, 6) is -2.20. The smallest absolute Gasteiger partial charge is 0.272 e. The highest BCUT2D eigenvalue weighted by Crippen LogP contribution is 2.29. The molecule has 2 aliphatic carbocycles. The van der Waals surface area contributed by atoms with Crippen molar-refractivity contribution in [1.82, 2.24) is 20.4 Å². The van der Waals surface area contributed by atoms with E-state index in [1.54, 1.807) is 4.68 Å². The summed E-state index contributed by atoms with van der Waals surface area (Å²) in [7, 11) is 0. The van der Waals surface area contributed by atoms with Gasteiger partial charge in [0.1, 0.15) is 0 Å². The molecule has 0 spiro atoms. The molecule has 1 fully saturated rings. The summed E-state index contributed by atoms with van der Waals surface area (Å²) in [5.41, 5.74) is 2.48. The molecule has 0 bridgehead atoms. The number of rotatable bonds is 5. The number of carbonyl (C=O) groups is 2. The van der Waals surface area contributed by atoms with Crippen LogP contribution in [-0.2, 0) is 17.6 Å². The molecule has 166 valence electrons. The molecule has 4 rings (SSSR count). The lowest BCUT2D eigenvalue weighted by Crippen LogP contribution is -2.44. The van der Waals surface area contributed by atoms with Crippen LogP contribution in [0.5, 0.6) is 0 Å². The zero-order valence-corrected chi connectivity index (χ0v) is 17.9. The van der Waals surface area contributed by atoms with Crippen molar-refractivity contribution in [3.05, 3.63) is 46.8 Å². The lowest BCUT2D eigenvalue weighted by Gasteiger charge is -2.29. The SMILES string of the molecule is CC(C)NC(=O)C1CCCC(NC(=O)c2nn(-c3ccc(F)c(F)c3)c3c2CCC3)C1. The van der Waals surface area contributed by atoms with E-state index in [1.807, 2.05) is 13.8 Å². The number of benzene rings is 1.